The van der Waals surface area contributed by atoms with Gasteiger partial charge in [0.2, 0.25) is 5.91 Å². The lowest BCUT2D eigenvalue weighted by atomic mass is 9.69. The molecule has 2 aliphatic rings. The summed E-state index contributed by atoms with van der Waals surface area (Å²) in [6, 6.07) is 1.89. The summed E-state index contributed by atoms with van der Waals surface area (Å²) in [6.45, 7) is 11.7. The minimum absolute atomic E-state index is 0.0390. The number of aromatic amines is 1. The molecule has 2 saturated heterocycles. The molecule has 3 N–H and O–H groups in total. The first-order valence-electron chi connectivity index (χ1n) is 8.65. The quantitative estimate of drug-likeness (QED) is 0.564. The fraction of sp³-hybridized carbons (Fsp3) is 0.500. The average molecular weight is 342 g/mol. The number of carbonyl (C=O) groups is 1. The van der Waals surface area contributed by atoms with Gasteiger partial charge in [0, 0.05) is 25.8 Å². The van der Waals surface area contributed by atoms with Crippen LogP contribution in [0.1, 0.15) is 25.3 Å². The van der Waals surface area contributed by atoms with Gasteiger partial charge in [0.1, 0.15) is 18.2 Å². The number of piperidine rings is 1. The van der Waals surface area contributed by atoms with E-state index in [0.717, 1.165) is 37.3 Å². The van der Waals surface area contributed by atoms with E-state index in [4.69, 9.17) is 5.41 Å². The Morgan fingerprint density at radius 2 is 2.44 bits per heavy atom. The van der Waals surface area contributed by atoms with Gasteiger partial charge < -0.3 is 20.1 Å². The smallest absolute Gasteiger partial charge is 0.244 e. The van der Waals surface area contributed by atoms with Crippen molar-refractivity contribution in [3.8, 4) is 0 Å². The van der Waals surface area contributed by atoms with Crippen molar-refractivity contribution in [1.82, 2.24) is 14.8 Å². The highest BCUT2D eigenvalue weighted by Crippen LogP contribution is 2.43. The standard InChI is InChI=1S/C18H26N6O/c1-4-21-17-14(6-8-22-17)16(19)23-9-5-7-18(12-23)13(2)11-24(18)15(25)10-20-3/h4,6,8,13,19,21-22H,1,3,5,7,9-12H2,2H3/t13-,18-/m0/s1. The molecule has 0 bridgehead atoms. The lowest BCUT2D eigenvalue weighted by Crippen LogP contribution is -2.74. The number of H-pyrrole nitrogens is 1. The van der Waals surface area contributed by atoms with Crippen LogP contribution in [0.15, 0.2) is 30.0 Å². The van der Waals surface area contributed by atoms with Crippen molar-refractivity contribution in [2.75, 3.05) is 31.5 Å². The fourth-order valence-electron chi connectivity index (χ4n) is 4.15. The van der Waals surface area contributed by atoms with Gasteiger partial charge in [-0.1, -0.05) is 13.5 Å². The Morgan fingerprint density at radius 1 is 1.64 bits per heavy atom. The molecular weight excluding hydrogens is 316 g/mol. The van der Waals surface area contributed by atoms with E-state index in [9.17, 15) is 4.79 Å². The summed E-state index contributed by atoms with van der Waals surface area (Å²) in [7, 11) is 0. The van der Waals surface area contributed by atoms with Crippen molar-refractivity contribution in [3.05, 3.63) is 30.6 Å². The number of carbonyl (C=O) groups excluding carboxylic acids is 1. The third kappa shape index (κ3) is 2.83. The molecule has 134 valence electrons. The largest absolute Gasteiger partial charge is 0.354 e. The number of nitrogens with one attached hydrogen (secondary N) is 3. The topological polar surface area (TPSA) is 87.6 Å². The number of aliphatic imine (C=N–C) groups is 1. The van der Waals surface area contributed by atoms with E-state index in [1.807, 2.05) is 17.2 Å². The molecule has 0 aliphatic carbocycles. The Morgan fingerprint density at radius 3 is 3.12 bits per heavy atom. The van der Waals surface area contributed by atoms with Gasteiger partial charge >= 0.3 is 0 Å². The third-order valence-electron chi connectivity index (χ3n) is 5.53. The number of aromatic nitrogens is 1. The maximum Gasteiger partial charge on any atom is 0.244 e. The number of anilines is 1. The summed E-state index contributed by atoms with van der Waals surface area (Å²) in [5, 5.41) is 11.7. The van der Waals surface area contributed by atoms with Crippen molar-refractivity contribution in [2.24, 2.45) is 10.9 Å². The van der Waals surface area contributed by atoms with E-state index >= 15 is 0 Å². The molecule has 3 rings (SSSR count). The van der Waals surface area contributed by atoms with Crippen LogP contribution in [-0.2, 0) is 4.79 Å². The van der Waals surface area contributed by atoms with E-state index in [-0.39, 0.29) is 18.0 Å². The third-order valence-corrected chi connectivity index (χ3v) is 5.53. The Labute approximate surface area is 148 Å². The number of amides is 1. The van der Waals surface area contributed by atoms with E-state index in [0.29, 0.717) is 18.3 Å². The van der Waals surface area contributed by atoms with Crippen molar-refractivity contribution in [3.63, 3.8) is 0 Å². The normalized spacial score (nSPS) is 25.4. The molecule has 7 nitrogen and oxygen atoms in total. The molecule has 1 amide bonds. The zero-order valence-corrected chi connectivity index (χ0v) is 14.7. The zero-order chi connectivity index (χ0) is 18.0. The predicted octanol–water partition coefficient (Wildman–Crippen LogP) is 1.91. The highest BCUT2D eigenvalue weighted by molar-refractivity contribution is 6.01. The minimum atomic E-state index is -0.186. The van der Waals surface area contributed by atoms with E-state index < -0.39 is 0 Å². The SMILES string of the molecule is C=CNc1[nH]ccc1C(=N)N1CCC[C@]2(C1)[C@@H](C)CN2C(=O)CN=C. The first kappa shape index (κ1) is 17.3. The van der Waals surface area contributed by atoms with E-state index in [1.165, 1.54) is 0 Å². The van der Waals surface area contributed by atoms with Gasteiger partial charge in [-0.05, 0) is 37.7 Å². The molecule has 2 atom stereocenters. The summed E-state index contributed by atoms with van der Waals surface area (Å²) in [5.41, 5.74) is 0.629. The first-order valence-corrected chi connectivity index (χ1v) is 8.65. The number of hydrogen-bond acceptors (Lipinski definition) is 4. The molecule has 1 spiro atoms. The molecule has 1 aromatic rings. The van der Waals surface area contributed by atoms with Crippen molar-refractivity contribution < 1.29 is 4.79 Å². The minimum Gasteiger partial charge on any atom is -0.354 e. The molecule has 0 saturated carbocycles. The molecule has 25 heavy (non-hydrogen) atoms. The van der Waals surface area contributed by atoms with Crippen LogP contribution in [0.3, 0.4) is 0 Å². The number of amidine groups is 1. The second kappa shape index (κ2) is 6.74. The molecule has 2 aliphatic heterocycles. The summed E-state index contributed by atoms with van der Waals surface area (Å²) in [6.07, 6.45) is 5.35. The first-order chi connectivity index (χ1) is 12.0. The van der Waals surface area contributed by atoms with Crippen LogP contribution in [0.4, 0.5) is 5.82 Å². The second-order valence-corrected chi connectivity index (χ2v) is 6.88. The molecule has 1 aromatic heterocycles. The molecule has 0 unspecified atom stereocenters. The highest BCUT2D eigenvalue weighted by atomic mass is 16.2. The van der Waals surface area contributed by atoms with E-state index in [2.05, 4.69) is 40.4 Å². The summed E-state index contributed by atoms with van der Waals surface area (Å²) >= 11 is 0. The van der Waals surface area contributed by atoms with Gasteiger partial charge in [-0.15, -0.1) is 0 Å². The van der Waals surface area contributed by atoms with Gasteiger partial charge in [-0.25, -0.2) is 0 Å². The molecular formula is C18H26N6O. The maximum atomic E-state index is 12.4. The van der Waals surface area contributed by atoms with Gasteiger partial charge in [0.25, 0.3) is 0 Å². The number of hydrogen-bond donors (Lipinski definition) is 3. The lowest BCUT2D eigenvalue weighted by molar-refractivity contribution is -0.160. The Kier molecular flexibility index (Phi) is 4.65. The molecule has 3 heterocycles. The van der Waals surface area contributed by atoms with Crippen molar-refractivity contribution >= 4 is 24.3 Å². The maximum absolute atomic E-state index is 12.4. The predicted molar refractivity (Wildman–Crippen MR) is 100 cm³/mol. The van der Waals surface area contributed by atoms with Crippen LogP contribution < -0.4 is 5.32 Å². The Hall–Kier alpha value is -2.57. The zero-order valence-electron chi connectivity index (χ0n) is 14.7. The van der Waals surface area contributed by atoms with Gasteiger partial charge in [0.15, 0.2) is 0 Å². The lowest BCUT2D eigenvalue weighted by Gasteiger charge is -2.61. The van der Waals surface area contributed by atoms with Gasteiger partial charge in [-0.3, -0.25) is 15.2 Å². The summed E-state index contributed by atoms with van der Waals surface area (Å²) in [5.74, 6) is 1.70. The molecule has 0 radical (unpaired) electrons. The monoisotopic (exact) mass is 342 g/mol. The fourth-order valence-corrected chi connectivity index (χ4v) is 4.15. The van der Waals surface area contributed by atoms with Crippen molar-refractivity contribution in [1.29, 1.82) is 5.41 Å². The number of likely N-dealkylation sites (tertiary alicyclic amines) is 2. The Balaban J connectivity index is 1.79. The number of rotatable bonds is 5. The van der Waals surface area contributed by atoms with Crippen LogP contribution in [0.25, 0.3) is 0 Å². The molecule has 0 aromatic carbocycles. The van der Waals surface area contributed by atoms with Crippen molar-refractivity contribution in [2.45, 2.75) is 25.3 Å². The van der Waals surface area contributed by atoms with Gasteiger partial charge in [0.05, 0.1) is 11.1 Å². The highest BCUT2D eigenvalue weighted by Gasteiger charge is 2.54. The van der Waals surface area contributed by atoms with E-state index in [1.54, 1.807) is 6.20 Å². The van der Waals surface area contributed by atoms with Crippen LogP contribution in [0.5, 0.6) is 0 Å². The summed E-state index contributed by atoms with van der Waals surface area (Å²) in [4.78, 5) is 23.3. The van der Waals surface area contributed by atoms with Crippen LogP contribution in [-0.4, -0.2) is 65.0 Å². The van der Waals surface area contributed by atoms with Crippen LogP contribution >= 0.6 is 0 Å². The van der Waals surface area contributed by atoms with Crippen LogP contribution in [0, 0.1) is 11.3 Å². The van der Waals surface area contributed by atoms with Crippen LogP contribution in [0.2, 0.25) is 0 Å². The second-order valence-electron chi connectivity index (χ2n) is 6.88. The molecule has 7 heteroatoms. The molecule has 2 fully saturated rings. The number of nitrogens with zero attached hydrogens (tertiary/aromatic N) is 3. The average Bonchev–Trinajstić information content (AvgIpc) is 3.07. The van der Waals surface area contributed by atoms with Gasteiger partial charge in [-0.2, -0.15) is 0 Å². The Bertz CT molecular complexity index is 695. The summed E-state index contributed by atoms with van der Waals surface area (Å²) < 4.78 is 0.